The van der Waals surface area contributed by atoms with Crippen molar-refractivity contribution in [3.05, 3.63) is 70.9 Å². The zero-order valence-electron chi connectivity index (χ0n) is 20.9. The molecule has 0 saturated carbocycles. The number of hydrogen-bond acceptors (Lipinski definition) is 7. The Balaban J connectivity index is 1.55. The van der Waals surface area contributed by atoms with Gasteiger partial charge >= 0.3 is 0 Å². The van der Waals surface area contributed by atoms with Crippen LogP contribution in [0, 0.1) is 18.7 Å². The first-order valence-electron chi connectivity index (χ1n) is 11.7. The maximum atomic E-state index is 13.4. The zero-order valence-corrected chi connectivity index (χ0v) is 22.5. The van der Waals surface area contributed by atoms with Crippen LogP contribution >= 0.6 is 11.6 Å². The number of aromatic nitrogens is 2. The minimum Gasteiger partial charge on any atom is -0.456 e. The Hall–Kier alpha value is -3.24. The summed E-state index contributed by atoms with van der Waals surface area (Å²) >= 11 is 6.39. The van der Waals surface area contributed by atoms with E-state index in [0.717, 1.165) is 36.8 Å². The van der Waals surface area contributed by atoms with Gasteiger partial charge in [-0.3, -0.25) is 4.79 Å². The van der Waals surface area contributed by atoms with E-state index in [1.165, 1.54) is 18.5 Å². The van der Waals surface area contributed by atoms with Crippen molar-refractivity contribution in [2.24, 2.45) is 5.92 Å². The van der Waals surface area contributed by atoms with Crippen LogP contribution in [0.25, 0.3) is 0 Å². The standard InChI is InChI=1S/C26H30ClFN4O4S/c1-17(6-5-11-29-25(33)15-37(3,34)35)12-23-18(2)26(31-16-30-23)32-20-9-10-24(22(27)14-20)36-21-8-4-7-19(28)13-21/h4,7-10,13-14,16-17H,5-6,11-12,15H2,1-3H3,(H,29,33)(H,30,31,32). The van der Waals surface area contributed by atoms with Crippen molar-refractivity contribution < 1.29 is 22.3 Å². The van der Waals surface area contributed by atoms with E-state index in [1.54, 1.807) is 30.3 Å². The molecule has 198 valence electrons. The molecule has 0 bridgehead atoms. The minimum atomic E-state index is -3.33. The number of benzene rings is 2. The lowest BCUT2D eigenvalue weighted by Crippen LogP contribution is -2.30. The van der Waals surface area contributed by atoms with Gasteiger partial charge in [-0.1, -0.05) is 24.6 Å². The molecule has 0 fully saturated rings. The van der Waals surface area contributed by atoms with Crippen molar-refractivity contribution in [2.45, 2.75) is 33.1 Å². The van der Waals surface area contributed by atoms with Gasteiger partial charge in [0.2, 0.25) is 5.91 Å². The molecule has 2 N–H and O–H groups in total. The first kappa shape index (κ1) is 28.3. The number of hydrogen-bond donors (Lipinski definition) is 2. The predicted molar refractivity (Wildman–Crippen MR) is 143 cm³/mol. The molecule has 0 spiro atoms. The molecule has 1 atom stereocenters. The van der Waals surface area contributed by atoms with Crippen LogP contribution in [0.3, 0.4) is 0 Å². The third kappa shape index (κ3) is 9.29. The number of anilines is 2. The Bertz CT molecular complexity index is 1350. The number of nitrogens with zero attached hydrogens (tertiary/aromatic N) is 2. The molecule has 0 radical (unpaired) electrons. The summed E-state index contributed by atoms with van der Waals surface area (Å²) in [5.74, 6) is 0.330. The van der Waals surface area contributed by atoms with Gasteiger partial charge in [-0.25, -0.2) is 22.8 Å². The summed E-state index contributed by atoms with van der Waals surface area (Å²) in [4.78, 5) is 20.4. The molecule has 0 aliphatic heterocycles. The molecule has 11 heteroatoms. The molecule has 3 rings (SSSR count). The number of nitrogens with one attached hydrogen (secondary N) is 2. The van der Waals surface area contributed by atoms with Crippen molar-refractivity contribution in [1.82, 2.24) is 15.3 Å². The topological polar surface area (TPSA) is 110 Å². The fraction of sp³-hybridized carbons (Fsp3) is 0.346. The highest BCUT2D eigenvalue weighted by Crippen LogP contribution is 2.33. The number of amides is 1. The zero-order chi connectivity index (χ0) is 27.0. The van der Waals surface area contributed by atoms with Crippen LogP contribution < -0.4 is 15.4 Å². The number of ether oxygens (including phenoxy) is 1. The number of sulfone groups is 1. The highest BCUT2D eigenvalue weighted by molar-refractivity contribution is 7.91. The van der Waals surface area contributed by atoms with Crippen molar-refractivity contribution >= 4 is 38.9 Å². The molecule has 1 heterocycles. The lowest BCUT2D eigenvalue weighted by atomic mass is 9.97. The molecule has 37 heavy (non-hydrogen) atoms. The Morgan fingerprint density at radius 3 is 2.68 bits per heavy atom. The molecule has 0 saturated heterocycles. The summed E-state index contributed by atoms with van der Waals surface area (Å²) in [6.45, 7) is 4.47. The Morgan fingerprint density at radius 1 is 1.19 bits per heavy atom. The van der Waals surface area contributed by atoms with Crippen molar-refractivity contribution in [1.29, 1.82) is 0 Å². The summed E-state index contributed by atoms with van der Waals surface area (Å²) in [5, 5.41) is 6.26. The number of rotatable bonds is 12. The fourth-order valence-electron chi connectivity index (χ4n) is 3.67. The summed E-state index contributed by atoms with van der Waals surface area (Å²) in [6, 6.07) is 11.0. The quantitative estimate of drug-likeness (QED) is 0.298. The van der Waals surface area contributed by atoms with Crippen LogP contribution in [0.2, 0.25) is 5.02 Å². The maximum absolute atomic E-state index is 13.4. The average Bonchev–Trinajstić information content (AvgIpc) is 2.80. The number of halogens is 2. The van der Waals surface area contributed by atoms with Gasteiger partial charge in [-0.2, -0.15) is 0 Å². The lowest BCUT2D eigenvalue weighted by Gasteiger charge is -2.16. The van der Waals surface area contributed by atoms with Crippen LogP contribution in [0.15, 0.2) is 48.8 Å². The largest absolute Gasteiger partial charge is 0.456 e. The van der Waals surface area contributed by atoms with Gasteiger partial charge in [-0.15, -0.1) is 0 Å². The molecule has 0 aliphatic rings. The van der Waals surface area contributed by atoms with Crippen LogP contribution in [0.1, 0.15) is 31.0 Å². The average molecular weight is 549 g/mol. The first-order valence-corrected chi connectivity index (χ1v) is 14.2. The molecule has 1 unspecified atom stereocenters. The van der Waals surface area contributed by atoms with Crippen LogP contribution in [-0.2, 0) is 21.1 Å². The van der Waals surface area contributed by atoms with Gasteiger partial charge in [-0.05, 0) is 62.4 Å². The van der Waals surface area contributed by atoms with E-state index in [1.807, 2.05) is 6.92 Å². The monoisotopic (exact) mass is 548 g/mol. The molecular weight excluding hydrogens is 519 g/mol. The molecule has 1 amide bonds. The first-order chi connectivity index (χ1) is 17.5. The second-order valence-corrected chi connectivity index (χ2v) is 11.5. The number of carbonyl (C=O) groups excluding carboxylic acids is 1. The summed E-state index contributed by atoms with van der Waals surface area (Å²) in [5.41, 5.74) is 2.53. The minimum absolute atomic E-state index is 0.293. The van der Waals surface area contributed by atoms with Gasteiger partial charge < -0.3 is 15.4 Å². The maximum Gasteiger partial charge on any atom is 0.235 e. The lowest BCUT2D eigenvalue weighted by molar-refractivity contribution is -0.118. The van der Waals surface area contributed by atoms with Gasteiger partial charge in [0.25, 0.3) is 0 Å². The van der Waals surface area contributed by atoms with E-state index in [9.17, 15) is 17.6 Å². The van der Waals surface area contributed by atoms with E-state index in [2.05, 4.69) is 27.5 Å². The van der Waals surface area contributed by atoms with Crippen molar-refractivity contribution in [2.75, 3.05) is 23.9 Å². The van der Waals surface area contributed by atoms with E-state index >= 15 is 0 Å². The Morgan fingerprint density at radius 2 is 1.97 bits per heavy atom. The number of carbonyl (C=O) groups is 1. The molecular formula is C26H30ClFN4O4S. The third-order valence-electron chi connectivity index (χ3n) is 5.54. The van der Waals surface area contributed by atoms with Crippen LogP contribution in [0.5, 0.6) is 11.5 Å². The van der Waals surface area contributed by atoms with Gasteiger partial charge in [0.1, 0.15) is 35.2 Å². The molecule has 0 aliphatic carbocycles. The smallest absolute Gasteiger partial charge is 0.235 e. The Labute approximate surface area is 221 Å². The summed E-state index contributed by atoms with van der Waals surface area (Å²) < 4.78 is 41.4. The normalized spacial score (nSPS) is 12.1. The van der Waals surface area contributed by atoms with Gasteiger partial charge in [0, 0.05) is 35.8 Å². The molecule has 1 aromatic heterocycles. The second kappa shape index (κ2) is 12.8. The highest BCUT2D eigenvalue weighted by Gasteiger charge is 2.14. The second-order valence-electron chi connectivity index (χ2n) is 9.00. The summed E-state index contributed by atoms with van der Waals surface area (Å²) in [7, 11) is -3.33. The van der Waals surface area contributed by atoms with Gasteiger partial charge in [0.15, 0.2) is 9.84 Å². The van der Waals surface area contributed by atoms with Crippen molar-refractivity contribution in [3.63, 3.8) is 0 Å². The SMILES string of the molecule is Cc1c(CC(C)CCCNC(=O)CS(C)(=O)=O)ncnc1Nc1ccc(Oc2cccc(F)c2)c(Cl)c1. The molecule has 2 aromatic carbocycles. The third-order valence-corrected chi connectivity index (χ3v) is 6.62. The van der Waals surface area contributed by atoms with E-state index in [-0.39, 0.29) is 0 Å². The molecule has 8 nitrogen and oxygen atoms in total. The summed E-state index contributed by atoms with van der Waals surface area (Å²) in [6.07, 6.45) is 4.84. The predicted octanol–water partition coefficient (Wildman–Crippen LogP) is 5.23. The van der Waals surface area contributed by atoms with Crippen molar-refractivity contribution in [3.8, 4) is 11.5 Å². The molecule has 3 aromatic rings. The van der Waals surface area contributed by atoms with E-state index < -0.39 is 27.3 Å². The fourth-order valence-corrected chi connectivity index (χ4v) is 4.47. The Kier molecular flexibility index (Phi) is 9.82. The highest BCUT2D eigenvalue weighted by atomic mass is 35.5. The van der Waals surface area contributed by atoms with Gasteiger partial charge in [0.05, 0.1) is 5.02 Å². The van der Waals surface area contributed by atoms with E-state index in [4.69, 9.17) is 16.3 Å². The van der Waals surface area contributed by atoms with Crippen LogP contribution in [0.4, 0.5) is 15.9 Å². The van der Waals surface area contributed by atoms with E-state index in [0.29, 0.717) is 40.5 Å². The van der Waals surface area contributed by atoms with Crippen LogP contribution in [-0.4, -0.2) is 42.8 Å².